The molecule has 0 saturated carbocycles. The quantitative estimate of drug-likeness (QED) is 0.556. The SMILES string of the molecule is C[Se]CCCC1OC(c2ccc(F)cc2)c2cc(C#N)ccc21. The monoisotopic (exact) mass is 375 g/mol. The molecule has 1 aliphatic heterocycles. The molecule has 0 N–H and O–H groups in total. The van der Waals surface area contributed by atoms with E-state index >= 15 is 0 Å². The first kappa shape index (κ1) is 16.2. The number of benzene rings is 2. The van der Waals surface area contributed by atoms with Crippen molar-refractivity contribution in [3.63, 3.8) is 0 Å². The van der Waals surface area contributed by atoms with Crippen LogP contribution in [0.5, 0.6) is 0 Å². The average Bonchev–Trinajstić information content (AvgIpc) is 2.94. The second kappa shape index (κ2) is 7.27. The molecule has 0 bridgehead atoms. The van der Waals surface area contributed by atoms with Crippen LogP contribution in [0.25, 0.3) is 0 Å². The Bertz CT molecular complexity index is 723. The first-order chi connectivity index (χ1) is 11.2. The van der Waals surface area contributed by atoms with Gasteiger partial charge in [0.25, 0.3) is 0 Å². The molecule has 1 heterocycles. The molecular weight excluding hydrogens is 356 g/mol. The van der Waals surface area contributed by atoms with Crippen molar-refractivity contribution >= 4 is 15.0 Å². The molecule has 3 rings (SSSR count). The molecule has 0 fully saturated rings. The van der Waals surface area contributed by atoms with Gasteiger partial charge in [-0.05, 0) is 0 Å². The molecule has 118 valence electrons. The molecule has 0 radical (unpaired) electrons. The number of nitriles is 1. The van der Waals surface area contributed by atoms with Gasteiger partial charge in [-0.1, -0.05) is 0 Å². The van der Waals surface area contributed by atoms with E-state index < -0.39 is 0 Å². The Kier molecular flexibility index (Phi) is 5.13. The van der Waals surface area contributed by atoms with E-state index in [1.165, 1.54) is 23.0 Å². The molecule has 2 aromatic rings. The Morgan fingerprint density at radius 3 is 2.65 bits per heavy atom. The van der Waals surface area contributed by atoms with E-state index in [1.54, 1.807) is 12.1 Å². The summed E-state index contributed by atoms with van der Waals surface area (Å²) >= 11 is 0.683. The Morgan fingerprint density at radius 2 is 1.96 bits per heavy atom. The molecule has 1 aliphatic rings. The zero-order chi connectivity index (χ0) is 16.2. The minimum absolute atomic E-state index is 0.0649. The van der Waals surface area contributed by atoms with Gasteiger partial charge in [0.05, 0.1) is 0 Å². The van der Waals surface area contributed by atoms with Gasteiger partial charge in [-0.25, -0.2) is 0 Å². The first-order valence-electron chi connectivity index (χ1n) is 7.66. The second-order valence-corrected chi connectivity index (χ2v) is 7.71. The molecule has 0 spiro atoms. The van der Waals surface area contributed by atoms with E-state index in [4.69, 9.17) is 10.00 Å². The van der Waals surface area contributed by atoms with Crippen LogP contribution in [0.1, 0.15) is 47.3 Å². The number of rotatable bonds is 5. The van der Waals surface area contributed by atoms with Crippen LogP contribution in [0.15, 0.2) is 42.5 Å². The van der Waals surface area contributed by atoms with Crippen LogP contribution in [0.2, 0.25) is 11.1 Å². The van der Waals surface area contributed by atoms with Gasteiger partial charge in [0.15, 0.2) is 0 Å². The van der Waals surface area contributed by atoms with Crippen LogP contribution in [-0.2, 0) is 4.74 Å². The van der Waals surface area contributed by atoms with Crippen LogP contribution in [-0.4, -0.2) is 15.0 Å². The second-order valence-electron chi connectivity index (χ2n) is 5.65. The molecule has 0 amide bonds. The molecule has 0 aliphatic carbocycles. The van der Waals surface area contributed by atoms with Gasteiger partial charge < -0.3 is 0 Å². The van der Waals surface area contributed by atoms with Crippen molar-refractivity contribution in [1.82, 2.24) is 0 Å². The fraction of sp³-hybridized carbons (Fsp3) is 0.316. The number of hydrogen-bond donors (Lipinski definition) is 0. The Hall–Kier alpha value is -1.66. The van der Waals surface area contributed by atoms with Gasteiger partial charge in [0.2, 0.25) is 0 Å². The van der Waals surface area contributed by atoms with Gasteiger partial charge >= 0.3 is 142 Å². The van der Waals surface area contributed by atoms with Gasteiger partial charge in [-0.15, -0.1) is 0 Å². The van der Waals surface area contributed by atoms with E-state index in [2.05, 4.69) is 11.9 Å². The summed E-state index contributed by atoms with van der Waals surface area (Å²) in [7, 11) is 0. The number of ether oxygens (including phenoxy) is 1. The zero-order valence-corrected chi connectivity index (χ0v) is 14.7. The minimum atomic E-state index is -0.250. The maximum atomic E-state index is 13.2. The fourth-order valence-corrected chi connectivity index (χ4v) is 3.96. The third kappa shape index (κ3) is 3.48. The number of fused-ring (bicyclic) bond motifs is 1. The Balaban J connectivity index is 1.93. The summed E-state index contributed by atoms with van der Waals surface area (Å²) in [6.07, 6.45) is 1.99. The molecule has 4 heteroatoms. The molecule has 0 saturated heterocycles. The van der Waals surface area contributed by atoms with Crippen molar-refractivity contribution in [3.05, 3.63) is 70.5 Å². The summed E-state index contributed by atoms with van der Waals surface area (Å²) in [6, 6.07) is 14.4. The van der Waals surface area contributed by atoms with Gasteiger partial charge in [-0.3, -0.25) is 0 Å². The predicted octanol–water partition coefficient (Wildman–Crippen LogP) is 4.81. The summed E-state index contributed by atoms with van der Waals surface area (Å²) < 4.78 is 19.5. The Morgan fingerprint density at radius 1 is 1.17 bits per heavy atom. The fourth-order valence-electron chi connectivity index (χ4n) is 3.01. The van der Waals surface area contributed by atoms with Crippen LogP contribution < -0.4 is 0 Å². The topological polar surface area (TPSA) is 33.0 Å². The van der Waals surface area contributed by atoms with Crippen LogP contribution >= 0.6 is 0 Å². The van der Waals surface area contributed by atoms with Crippen molar-refractivity contribution in [2.45, 2.75) is 36.2 Å². The van der Waals surface area contributed by atoms with Crippen LogP contribution in [0.4, 0.5) is 4.39 Å². The van der Waals surface area contributed by atoms with E-state index in [9.17, 15) is 4.39 Å². The van der Waals surface area contributed by atoms with E-state index in [0.29, 0.717) is 20.5 Å². The summed E-state index contributed by atoms with van der Waals surface area (Å²) in [6.45, 7) is 0. The summed E-state index contributed by atoms with van der Waals surface area (Å²) in [5, 5.41) is 10.4. The molecule has 2 atom stereocenters. The first-order valence-corrected chi connectivity index (χ1v) is 10.6. The molecule has 2 unspecified atom stereocenters. The van der Waals surface area contributed by atoms with E-state index in [0.717, 1.165) is 24.0 Å². The number of nitrogens with zero attached hydrogens (tertiary/aromatic N) is 1. The zero-order valence-electron chi connectivity index (χ0n) is 13.0. The third-order valence-corrected chi connectivity index (χ3v) is 5.60. The molecule has 0 aromatic heterocycles. The Labute approximate surface area is 142 Å². The van der Waals surface area contributed by atoms with Crippen LogP contribution in [0, 0.1) is 17.1 Å². The normalized spacial score (nSPS) is 19.3. The summed E-state index contributed by atoms with van der Waals surface area (Å²) in [5.41, 5.74) is 3.78. The van der Waals surface area contributed by atoms with Gasteiger partial charge in [-0.2, -0.15) is 0 Å². The summed E-state index contributed by atoms with van der Waals surface area (Å²) in [4.78, 5) is 0. The van der Waals surface area contributed by atoms with Crippen molar-refractivity contribution < 1.29 is 9.13 Å². The van der Waals surface area contributed by atoms with Gasteiger partial charge in [0.1, 0.15) is 0 Å². The molecular formula is C19H18FNOSe. The molecule has 2 nitrogen and oxygen atoms in total. The standard InChI is InChI=1S/C19H18FNOSe/c1-23-10-2-3-18-16-9-4-13(12-21)11-17(16)19(22-18)14-5-7-15(20)8-6-14/h4-9,11,18-19H,2-3,10H2,1H3. The maximum absolute atomic E-state index is 13.2. The summed E-state index contributed by atoms with van der Waals surface area (Å²) in [5.74, 6) is 2.00. The van der Waals surface area contributed by atoms with Gasteiger partial charge in [0, 0.05) is 0 Å². The average molecular weight is 374 g/mol. The molecule has 23 heavy (non-hydrogen) atoms. The van der Waals surface area contributed by atoms with Crippen molar-refractivity contribution in [2.24, 2.45) is 0 Å². The van der Waals surface area contributed by atoms with Crippen LogP contribution in [0.3, 0.4) is 0 Å². The van der Waals surface area contributed by atoms with E-state index in [1.807, 2.05) is 18.2 Å². The molecule has 2 aromatic carbocycles. The number of hydrogen-bond acceptors (Lipinski definition) is 2. The van der Waals surface area contributed by atoms with Crippen molar-refractivity contribution in [1.29, 1.82) is 5.26 Å². The van der Waals surface area contributed by atoms with Crippen molar-refractivity contribution in [2.75, 3.05) is 0 Å². The predicted molar refractivity (Wildman–Crippen MR) is 88.9 cm³/mol. The van der Waals surface area contributed by atoms with E-state index in [-0.39, 0.29) is 18.0 Å². The number of halogens is 1. The third-order valence-electron chi connectivity index (χ3n) is 4.13. The van der Waals surface area contributed by atoms with Crippen molar-refractivity contribution in [3.8, 4) is 6.07 Å².